The van der Waals surface area contributed by atoms with E-state index in [0.29, 0.717) is 25.2 Å². The van der Waals surface area contributed by atoms with E-state index >= 15 is 0 Å². The number of hydrogen-bond acceptors (Lipinski definition) is 4. The van der Waals surface area contributed by atoms with Crippen LogP contribution in [-0.4, -0.2) is 48.3 Å². The Balaban J connectivity index is 1.80. The van der Waals surface area contributed by atoms with E-state index in [9.17, 15) is 14.3 Å². The number of rotatable bonds is 6. The average molecular weight is 326 g/mol. The molecule has 1 aromatic carbocycles. The number of hydrogen-bond donors (Lipinski definition) is 2. The van der Waals surface area contributed by atoms with Crippen LogP contribution in [0, 0.1) is 5.82 Å². The van der Waals surface area contributed by atoms with Crippen LogP contribution in [0.25, 0.3) is 0 Å². The number of amides is 1. The minimum Gasteiger partial charge on any atom is -0.383 e. The Morgan fingerprint density at radius 3 is 2.77 bits per heavy atom. The molecule has 1 aromatic rings. The number of benzene rings is 1. The molecule has 22 heavy (non-hydrogen) atoms. The zero-order valence-corrected chi connectivity index (χ0v) is 13.6. The molecule has 0 bridgehead atoms. The molecular weight excluding hydrogens is 303 g/mol. The highest BCUT2D eigenvalue weighted by molar-refractivity contribution is 7.98. The van der Waals surface area contributed by atoms with Crippen molar-refractivity contribution in [2.75, 3.05) is 30.0 Å². The predicted molar refractivity (Wildman–Crippen MR) is 88.8 cm³/mol. The zero-order chi connectivity index (χ0) is 15.9. The molecule has 1 amide bonds. The highest BCUT2D eigenvalue weighted by Crippen LogP contribution is 2.22. The Kier molecular flexibility index (Phi) is 6.51. The first-order valence-corrected chi connectivity index (χ1v) is 8.98. The molecule has 0 aromatic heterocycles. The summed E-state index contributed by atoms with van der Waals surface area (Å²) in [5.41, 5.74) is 0.618. The van der Waals surface area contributed by atoms with Crippen molar-refractivity contribution in [2.45, 2.75) is 31.4 Å². The summed E-state index contributed by atoms with van der Waals surface area (Å²) in [6.07, 6.45) is 3.01. The van der Waals surface area contributed by atoms with Crippen LogP contribution in [0.2, 0.25) is 0 Å². The summed E-state index contributed by atoms with van der Waals surface area (Å²) in [6.45, 7) is 1.40. The molecule has 1 atom stereocenters. The lowest BCUT2D eigenvalue weighted by molar-refractivity contribution is -0.130. The van der Waals surface area contributed by atoms with Crippen LogP contribution in [0.1, 0.15) is 19.3 Å². The van der Waals surface area contributed by atoms with Gasteiger partial charge >= 0.3 is 0 Å². The quantitative estimate of drug-likeness (QED) is 0.840. The first-order valence-electron chi connectivity index (χ1n) is 7.58. The number of carbonyl (C=O) groups is 1. The second kappa shape index (κ2) is 8.39. The molecule has 0 aliphatic carbocycles. The van der Waals surface area contributed by atoms with Crippen LogP contribution in [0.3, 0.4) is 0 Å². The zero-order valence-electron chi connectivity index (χ0n) is 12.8. The number of aliphatic hydroxyl groups excluding tert-OH is 1. The maximum atomic E-state index is 13.8. The van der Waals surface area contributed by atoms with Gasteiger partial charge in [-0.15, -0.1) is 0 Å². The first-order chi connectivity index (χ1) is 10.6. The molecule has 0 spiro atoms. The Morgan fingerprint density at radius 2 is 2.14 bits per heavy atom. The van der Waals surface area contributed by atoms with Gasteiger partial charge in [0.1, 0.15) is 11.9 Å². The summed E-state index contributed by atoms with van der Waals surface area (Å²) < 4.78 is 13.8. The van der Waals surface area contributed by atoms with Gasteiger partial charge in [0.2, 0.25) is 5.91 Å². The molecule has 6 heteroatoms. The van der Waals surface area contributed by atoms with E-state index in [4.69, 9.17) is 0 Å². The highest BCUT2D eigenvalue weighted by atomic mass is 32.2. The van der Waals surface area contributed by atoms with Crippen molar-refractivity contribution in [1.29, 1.82) is 0 Å². The lowest BCUT2D eigenvalue weighted by Crippen LogP contribution is -2.47. The van der Waals surface area contributed by atoms with E-state index in [1.807, 2.05) is 17.2 Å². The third-order valence-corrected chi connectivity index (χ3v) is 4.58. The van der Waals surface area contributed by atoms with Gasteiger partial charge in [-0.05, 0) is 43.4 Å². The van der Waals surface area contributed by atoms with Crippen LogP contribution in [-0.2, 0) is 4.79 Å². The normalized spacial score (nSPS) is 17.3. The van der Waals surface area contributed by atoms with E-state index in [-0.39, 0.29) is 17.8 Å². The summed E-state index contributed by atoms with van der Waals surface area (Å²) in [5, 5.41) is 12.7. The molecule has 2 rings (SSSR count). The molecule has 4 nitrogen and oxygen atoms in total. The number of halogens is 1. The number of anilines is 1. The summed E-state index contributed by atoms with van der Waals surface area (Å²) >= 11 is 1.61. The van der Waals surface area contributed by atoms with Gasteiger partial charge in [-0.25, -0.2) is 4.39 Å². The topological polar surface area (TPSA) is 52.6 Å². The lowest BCUT2D eigenvalue weighted by Gasteiger charge is -2.34. The van der Waals surface area contributed by atoms with Crippen molar-refractivity contribution in [3.05, 3.63) is 30.1 Å². The largest absolute Gasteiger partial charge is 0.383 e. The third kappa shape index (κ3) is 4.61. The van der Waals surface area contributed by atoms with E-state index in [1.54, 1.807) is 23.9 Å². The Bertz CT molecular complexity index is 493. The third-order valence-electron chi connectivity index (χ3n) is 3.93. The van der Waals surface area contributed by atoms with Gasteiger partial charge in [0.25, 0.3) is 0 Å². The van der Waals surface area contributed by atoms with E-state index in [2.05, 4.69) is 5.32 Å². The van der Waals surface area contributed by atoms with E-state index in [0.717, 1.165) is 18.6 Å². The van der Waals surface area contributed by atoms with Crippen LogP contribution >= 0.6 is 11.8 Å². The van der Waals surface area contributed by atoms with Gasteiger partial charge in [0.15, 0.2) is 0 Å². The van der Waals surface area contributed by atoms with Crippen molar-refractivity contribution < 1.29 is 14.3 Å². The first kappa shape index (κ1) is 17.1. The maximum absolute atomic E-state index is 13.8. The number of nitrogens with one attached hydrogen (secondary N) is 1. The molecule has 0 radical (unpaired) electrons. The van der Waals surface area contributed by atoms with Crippen LogP contribution < -0.4 is 10.2 Å². The maximum Gasteiger partial charge on any atom is 0.249 e. The number of aliphatic hydroxyl groups is 1. The van der Waals surface area contributed by atoms with Gasteiger partial charge in [0.05, 0.1) is 5.69 Å². The van der Waals surface area contributed by atoms with Crippen molar-refractivity contribution in [3.8, 4) is 0 Å². The summed E-state index contributed by atoms with van der Waals surface area (Å²) in [7, 11) is 0. The number of para-hydroxylation sites is 1. The minimum atomic E-state index is -0.933. The van der Waals surface area contributed by atoms with Crippen molar-refractivity contribution in [1.82, 2.24) is 5.32 Å². The SMILES string of the molecule is CSCC[C@@H](O)C(=O)NC1CCN(c2ccccc2F)CC1. The van der Waals surface area contributed by atoms with Gasteiger partial charge in [0, 0.05) is 19.1 Å². The molecule has 1 fully saturated rings. The van der Waals surface area contributed by atoms with E-state index < -0.39 is 6.10 Å². The summed E-state index contributed by atoms with van der Waals surface area (Å²) in [6, 6.07) is 6.81. The van der Waals surface area contributed by atoms with Crippen molar-refractivity contribution >= 4 is 23.4 Å². The molecule has 0 unspecified atom stereocenters. The van der Waals surface area contributed by atoms with Gasteiger partial charge in [-0.1, -0.05) is 12.1 Å². The molecule has 1 aliphatic heterocycles. The molecule has 1 heterocycles. The predicted octanol–water partition coefficient (Wildman–Crippen LogP) is 2.02. The van der Waals surface area contributed by atoms with Gasteiger partial charge < -0.3 is 15.3 Å². The monoisotopic (exact) mass is 326 g/mol. The van der Waals surface area contributed by atoms with Crippen molar-refractivity contribution in [3.63, 3.8) is 0 Å². The highest BCUT2D eigenvalue weighted by Gasteiger charge is 2.24. The molecule has 2 N–H and O–H groups in total. The Hall–Kier alpha value is -1.27. The number of nitrogens with zero attached hydrogens (tertiary/aromatic N) is 1. The fourth-order valence-corrected chi connectivity index (χ4v) is 3.09. The fourth-order valence-electron chi connectivity index (χ4n) is 2.63. The molecule has 122 valence electrons. The molecular formula is C16H23FN2O2S. The molecule has 1 aliphatic rings. The van der Waals surface area contributed by atoms with Crippen LogP contribution in [0.4, 0.5) is 10.1 Å². The Morgan fingerprint density at radius 1 is 1.45 bits per heavy atom. The molecule has 1 saturated heterocycles. The number of carbonyl (C=O) groups excluding carboxylic acids is 1. The average Bonchev–Trinajstić information content (AvgIpc) is 2.54. The number of thioether (sulfide) groups is 1. The lowest BCUT2D eigenvalue weighted by atomic mass is 10.0. The second-order valence-electron chi connectivity index (χ2n) is 5.52. The van der Waals surface area contributed by atoms with Crippen molar-refractivity contribution in [2.24, 2.45) is 0 Å². The number of piperidine rings is 1. The summed E-state index contributed by atoms with van der Waals surface area (Å²) in [4.78, 5) is 13.9. The van der Waals surface area contributed by atoms with Gasteiger partial charge in [-0.3, -0.25) is 4.79 Å². The smallest absolute Gasteiger partial charge is 0.249 e. The minimum absolute atomic E-state index is 0.0550. The standard InChI is InChI=1S/C16H23FN2O2S/c1-22-11-8-15(20)16(21)18-12-6-9-19(10-7-12)14-5-3-2-4-13(14)17/h2-5,12,15,20H,6-11H2,1H3,(H,18,21)/t15-/m1/s1. The fraction of sp³-hybridized carbons (Fsp3) is 0.562. The van der Waals surface area contributed by atoms with Gasteiger partial charge in [-0.2, -0.15) is 11.8 Å². The second-order valence-corrected chi connectivity index (χ2v) is 6.50. The van der Waals surface area contributed by atoms with Crippen LogP contribution in [0.5, 0.6) is 0 Å². The van der Waals surface area contributed by atoms with E-state index in [1.165, 1.54) is 6.07 Å². The summed E-state index contributed by atoms with van der Waals surface area (Å²) in [5.74, 6) is 0.260. The Labute approximate surface area is 135 Å². The van der Waals surface area contributed by atoms with Crippen LogP contribution in [0.15, 0.2) is 24.3 Å². The molecule has 0 saturated carbocycles.